The maximum atomic E-state index is 11.7. The number of rotatable bonds is 2. The highest BCUT2D eigenvalue weighted by molar-refractivity contribution is 7.71. The van der Waals surface area contributed by atoms with Crippen molar-refractivity contribution in [3.05, 3.63) is 55.7 Å². The normalized spacial score (nSPS) is 10.1. The Morgan fingerprint density at radius 2 is 1.72 bits per heavy atom. The van der Waals surface area contributed by atoms with Gasteiger partial charge in [-0.15, -0.1) is 0 Å². The van der Waals surface area contributed by atoms with Gasteiger partial charge in [-0.05, 0) is 12.1 Å². The maximum Gasteiger partial charge on any atom is 0.307 e. The summed E-state index contributed by atoms with van der Waals surface area (Å²) in [6, 6.07) is 8.71. The van der Waals surface area contributed by atoms with Crippen LogP contribution in [0.4, 0.5) is 11.5 Å². The lowest BCUT2D eigenvalue weighted by Gasteiger charge is -2.14. The van der Waals surface area contributed by atoms with E-state index in [2.05, 4.69) is 15.2 Å². The SMILES string of the molecule is NN(c1ccccc1)c1nc(=S)c(=O)[nH][nH]c1=O. The van der Waals surface area contributed by atoms with E-state index in [0.717, 1.165) is 5.01 Å². The van der Waals surface area contributed by atoms with Crippen molar-refractivity contribution in [3.63, 3.8) is 0 Å². The molecule has 0 saturated carbocycles. The van der Waals surface area contributed by atoms with E-state index in [0.29, 0.717) is 5.69 Å². The van der Waals surface area contributed by atoms with Crippen molar-refractivity contribution in [2.75, 3.05) is 5.01 Å². The number of benzene rings is 1. The molecule has 0 bridgehead atoms. The van der Waals surface area contributed by atoms with Gasteiger partial charge >= 0.3 is 5.56 Å². The number of nitrogens with two attached hydrogens (primary N) is 1. The lowest BCUT2D eigenvalue weighted by molar-refractivity contribution is 0.960. The zero-order valence-electron chi connectivity index (χ0n) is 9.08. The Balaban J connectivity index is 2.63. The van der Waals surface area contributed by atoms with E-state index in [1.54, 1.807) is 24.3 Å². The number of aromatic amines is 2. The monoisotopic (exact) mass is 263 g/mol. The van der Waals surface area contributed by atoms with Crippen LogP contribution in [0.2, 0.25) is 0 Å². The molecule has 1 heterocycles. The fraction of sp³-hybridized carbons (Fsp3) is 0. The molecule has 1 aromatic carbocycles. The highest BCUT2D eigenvalue weighted by Crippen LogP contribution is 2.14. The molecular weight excluding hydrogens is 254 g/mol. The summed E-state index contributed by atoms with van der Waals surface area (Å²) in [5.74, 6) is 5.62. The Labute approximate surface area is 106 Å². The van der Waals surface area contributed by atoms with E-state index in [4.69, 9.17) is 18.1 Å². The van der Waals surface area contributed by atoms with Gasteiger partial charge in [-0.3, -0.25) is 24.8 Å². The van der Waals surface area contributed by atoms with Crippen molar-refractivity contribution in [3.8, 4) is 0 Å². The Morgan fingerprint density at radius 1 is 1.11 bits per heavy atom. The Morgan fingerprint density at radius 3 is 2.39 bits per heavy atom. The minimum Gasteiger partial charge on any atom is -0.265 e. The molecular formula is C10H9N5O2S. The maximum absolute atomic E-state index is 11.7. The number of nitrogens with one attached hydrogen (secondary N) is 2. The average Bonchev–Trinajstić information content (AvgIpc) is 2.52. The summed E-state index contributed by atoms with van der Waals surface area (Å²) < 4.78 is -0.269. The number of hydrogen-bond donors (Lipinski definition) is 3. The van der Waals surface area contributed by atoms with Crippen molar-refractivity contribution < 1.29 is 0 Å². The van der Waals surface area contributed by atoms with E-state index < -0.39 is 11.1 Å². The lowest BCUT2D eigenvalue weighted by Crippen LogP contribution is -2.31. The molecule has 0 atom stereocenters. The molecule has 0 unspecified atom stereocenters. The first-order valence-corrected chi connectivity index (χ1v) is 5.33. The summed E-state index contributed by atoms with van der Waals surface area (Å²) in [5, 5.41) is 5.31. The van der Waals surface area contributed by atoms with Crippen molar-refractivity contribution in [2.24, 2.45) is 5.84 Å². The molecule has 8 heteroatoms. The molecule has 4 N–H and O–H groups in total. The van der Waals surface area contributed by atoms with Crippen molar-refractivity contribution in [1.29, 1.82) is 0 Å². The summed E-state index contributed by atoms with van der Waals surface area (Å²) in [6.07, 6.45) is 0. The minimum atomic E-state index is -0.658. The van der Waals surface area contributed by atoms with Crippen molar-refractivity contribution >= 4 is 23.7 Å². The molecule has 7 nitrogen and oxygen atoms in total. The first-order valence-electron chi connectivity index (χ1n) is 4.93. The predicted molar refractivity (Wildman–Crippen MR) is 69.1 cm³/mol. The van der Waals surface area contributed by atoms with Crippen LogP contribution in [-0.4, -0.2) is 15.2 Å². The van der Waals surface area contributed by atoms with Gasteiger partial charge in [0.25, 0.3) is 5.56 Å². The van der Waals surface area contributed by atoms with Gasteiger partial charge < -0.3 is 0 Å². The third-order valence-corrected chi connectivity index (χ3v) is 2.43. The summed E-state index contributed by atoms with van der Waals surface area (Å²) in [4.78, 5) is 26.7. The first kappa shape index (κ1) is 12.1. The summed E-state index contributed by atoms with van der Waals surface area (Å²) in [7, 11) is 0. The Bertz CT molecular complexity index is 724. The van der Waals surface area contributed by atoms with Crippen LogP contribution in [0.1, 0.15) is 0 Å². The number of hydrazine groups is 1. The number of anilines is 2. The molecule has 0 amide bonds. The molecule has 0 aliphatic carbocycles. The molecule has 18 heavy (non-hydrogen) atoms. The third-order valence-electron chi connectivity index (χ3n) is 2.16. The second-order valence-electron chi connectivity index (χ2n) is 3.35. The van der Waals surface area contributed by atoms with Crippen LogP contribution in [0.15, 0.2) is 39.9 Å². The zero-order valence-corrected chi connectivity index (χ0v) is 9.90. The summed E-state index contributed by atoms with van der Waals surface area (Å²) >= 11 is 4.74. The number of aromatic nitrogens is 3. The number of para-hydroxylation sites is 1. The lowest BCUT2D eigenvalue weighted by atomic mass is 10.3. The Hall–Kier alpha value is -2.32. The quantitative estimate of drug-likeness (QED) is 0.406. The van der Waals surface area contributed by atoms with Gasteiger partial charge in [-0.1, -0.05) is 30.4 Å². The smallest absolute Gasteiger partial charge is 0.265 e. The molecule has 92 valence electrons. The van der Waals surface area contributed by atoms with E-state index >= 15 is 0 Å². The average molecular weight is 263 g/mol. The predicted octanol–water partition coefficient (Wildman–Crippen LogP) is 0.199. The second-order valence-corrected chi connectivity index (χ2v) is 3.74. The van der Waals surface area contributed by atoms with Gasteiger partial charge in [0.15, 0.2) is 4.64 Å². The van der Waals surface area contributed by atoms with Gasteiger partial charge in [0.05, 0.1) is 5.69 Å². The van der Waals surface area contributed by atoms with Crippen LogP contribution in [0.5, 0.6) is 0 Å². The molecule has 0 spiro atoms. The zero-order chi connectivity index (χ0) is 13.1. The highest BCUT2D eigenvalue weighted by Gasteiger charge is 2.10. The van der Waals surface area contributed by atoms with Gasteiger partial charge in [-0.2, -0.15) is 0 Å². The van der Waals surface area contributed by atoms with Crippen LogP contribution >= 0.6 is 12.2 Å². The molecule has 1 aromatic heterocycles. The number of H-pyrrole nitrogens is 2. The number of nitrogens with zero attached hydrogens (tertiary/aromatic N) is 2. The van der Waals surface area contributed by atoms with Crippen LogP contribution in [0.25, 0.3) is 0 Å². The van der Waals surface area contributed by atoms with E-state index in [1.807, 2.05) is 6.07 Å². The molecule has 2 aromatic rings. The number of hydrogen-bond acceptors (Lipinski definition) is 6. The van der Waals surface area contributed by atoms with Crippen molar-refractivity contribution in [2.45, 2.75) is 0 Å². The van der Waals surface area contributed by atoms with Crippen LogP contribution in [-0.2, 0) is 0 Å². The highest BCUT2D eigenvalue weighted by atomic mass is 32.1. The van der Waals surface area contributed by atoms with Gasteiger partial charge in [0, 0.05) is 0 Å². The standard InChI is InChI=1S/C10H9N5O2S/c11-15(6-4-2-1-3-5-6)7-8(16)13-14-9(17)10(18)12-7/h1-5H,11H2,(H,13,16)(H,12,14,17,18). The van der Waals surface area contributed by atoms with Crippen LogP contribution < -0.4 is 22.0 Å². The molecule has 0 aliphatic rings. The molecule has 2 rings (SSSR count). The van der Waals surface area contributed by atoms with Gasteiger partial charge in [-0.25, -0.2) is 10.8 Å². The molecule has 0 radical (unpaired) electrons. The third kappa shape index (κ3) is 2.34. The fourth-order valence-corrected chi connectivity index (χ4v) is 1.43. The van der Waals surface area contributed by atoms with Gasteiger partial charge in [0.2, 0.25) is 5.82 Å². The topological polar surface area (TPSA) is 108 Å². The van der Waals surface area contributed by atoms with Crippen LogP contribution in [0, 0.1) is 4.64 Å². The second kappa shape index (κ2) is 4.90. The van der Waals surface area contributed by atoms with E-state index in [9.17, 15) is 9.59 Å². The molecule has 0 aliphatic heterocycles. The van der Waals surface area contributed by atoms with Gasteiger partial charge in [0.1, 0.15) is 0 Å². The van der Waals surface area contributed by atoms with E-state index in [-0.39, 0.29) is 10.5 Å². The van der Waals surface area contributed by atoms with E-state index in [1.165, 1.54) is 0 Å². The van der Waals surface area contributed by atoms with Crippen LogP contribution in [0.3, 0.4) is 0 Å². The Kier molecular flexibility index (Phi) is 3.31. The largest absolute Gasteiger partial charge is 0.307 e. The first-order chi connectivity index (χ1) is 8.59. The van der Waals surface area contributed by atoms with Crippen molar-refractivity contribution in [1.82, 2.24) is 15.2 Å². The molecule has 0 saturated heterocycles. The molecule has 0 fully saturated rings. The fourth-order valence-electron chi connectivity index (χ4n) is 1.29. The minimum absolute atomic E-state index is 0.162. The summed E-state index contributed by atoms with van der Waals surface area (Å²) in [5.41, 5.74) is -0.757. The summed E-state index contributed by atoms with van der Waals surface area (Å²) in [6.45, 7) is 0.